The number of nitrogens with zero attached hydrogens (tertiary/aromatic N) is 1. The molecule has 0 bridgehead atoms. The zero-order chi connectivity index (χ0) is 9.80. The molecule has 0 radical (unpaired) electrons. The SMILES string of the molecule is NCC1CCN(C2C=CCCC2)CC1. The molecule has 0 spiro atoms. The fraction of sp³-hybridized carbons (Fsp3) is 0.833. The lowest BCUT2D eigenvalue weighted by Gasteiger charge is -2.37. The second-order valence-corrected chi connectivity index (χ2v) is 4.64. The Balaban J connectivity index is 1.82. The highest BCUT2D eigenvalue weighted by molar-refractivity contribution is 4.99. The maximum atomic E-state index is 5.69. The van der Waals surface area contributed by atoms with E-state index in [9.17, 15) is 0 Å². The van der Waals surface area contributed by atoms with Gasteiger partial charge in [0.15, 0.2) is 0 Å². The molecule has 1 atom stereocenters. The molecule has 0 amide bonds. The Morgan fingerprint density at radius 3 is 2.57 bits per heavy atom. The maximum absolute atomic E-state index is 5.69. The highest BCUT2D eigenvalue weighted by Crippen LogP contribution is 2.22. The van der Waals surface area contributed by atoms with Crippen molar-refractivity contribution in [3.63, 3.8) is 0 Å². The van der Waals surface area contributed by atoms with Crippen LogP contribution in [0.2, 0.25) is 0 Å². The summed E-state index contributed by atoms with van der Waals surface area (Å²) in [5.41, 5.74) is 5.69. The van der Waals surface area contributed by atoms with Crippen molar-refractivity contribution in [2.75, 3.05) is 19.6 Å². The van der Waals surface area contributed by atoms with Gasteiger partial charge < -0.3 is 5.73 Å². The van der Waals surface area contributed by atoms with Crippen LogP contribution in [0.25, 0.3) is 0 Å². The molecule has 1 heterocycles. The molecule has 2 nitrogen and oxygen atoms in total. The van der Waals surface area contributed by atoms with Gasteiger partial charge in [0.1, 0.15) is 0 Å². The summed E-state index contributed by atoms with van der Waals surface area (Å²) in [4.78, 5) is 2.64. The van der Waals surface area contributed by atoms with Gasteiger partial charge in [-0.2, -0.15) is 0 Å². The van der Waals surface area contributed by atoms with E-state index in [4.69, 9.17) is 5.73 Å². The fourth-order valence-corrected chi connectivity index (χ4v) is 2.62. The lowest BCUT2D eigenvalue weighted by molar-refractivity contribution is 0.148. The van der Waals surface area contributed by atoms with Crippen molar-refractivity contribution in [1.82, 2.24) is 4.90 Å². The average molecular weight is 194 g/mol. The minimum atomic E-state index is 0.738. The molecule has 2 rings (SSSR count). The third kappa shape index (κ3) is 2.37. The standard InChI is InChI=1S/C12H22N2/c13-10-11-6-8-14(9-7-11)12-4-2-1-3-5-12/h2,4,11-12H,1,3,5-10,13H2. The van der Waals surface area contributed by atoms with E-state index in [0.717, 1.165) is 18.5 Å². The molecule has 1 unspecified atom stereocenters. The highest BCUT2D eigenvalue weighted by atomic mass is 15.2. The van der Waals surface area contributed by atoms with Crippen molar-refractivity contribution in [2.45, 2.75) is 38.1 Å². The first-order valence-corrected chi connectivity index (χ1v) is 6.01. The Morgan fingerprint density at radius 2 is 2.00 bits per heavy atom. The summed E-state index contributed by atoms with van der Waals surface area (Å²) in [5.74, 6) is 0.791. The Morgan fingerprint density at radius 1 is 1.21 bits per heavy atom. The number of hydrogen-bond acceptors (Lipinski definition) is 2. The Bertz CT molecular complexity index is 192. The van der Waals surface area contributed by atoms with E-state index >= 15 is 0 Å². The van der Waals surface area contributed by atoms with Crippen LogP contribution in [-0.4, -0.2) is 30.6 Å². The number of allylic oxidation sites excluding steroid dienone is 1. The van der Waals surface area contributed by atoms with Crippen molar-refractivity contribution >= 4 is 0 Å². The van der Waals surface area contributed by atoms with Gasteiger partial charge in [-0.1, -0.05) is 12.2 Å². The summed E-state index contributed by atoms with van der Waals surface area (Å²) in [7, 11) is 0. The van der Waals surface area contributed by atoms with Gasteiger partial charge in [-0.05, 0) is 57.7 Å². The molecular formula is C12H22N2. The van der Waals surface area contributed by atoms with E-state index in [1.165, 1.54) is 45.2 Å². The smallest absolute Gasteiger partial charge is 0.0278 e. The van der Waals surface area contributed by atoms with Crippen molar-refractivity contribution in [3.8, 4) is 0 Å². The van der Waals surface area contributed by atoms with Crippen LogP contribution in [0.1, 0.15) is 32.1 Å². The fourth-order valence-electron chi connectivity index (χ4n) is 2.62. The first-order valence-electron chi connectivity index (χ1n) is 6.01. The monoisotopic (exact) mass is 194 g/mol. The first-order chi connectivity index (χ1) is 6.90. The van der Waals surface area contributed by atoms with E-state index < -0.39 is 0 Å². The van der Waals surface area contributed by atoms with E-state index in [2.05, 4.69) is 17.1 Å². The molecule has 1 aliphatic carbocycles. The zero-order valence-electron chi connectivity index (χ0n) is 8.99. The maximum Gasteiger partial charge on any atom is 0.0278 e. The Kier molecular flexibility index (Phi) is 3.60. The van der Waals surface area contributed by atoms with Gasteiger partial charge in [0.05, 0.1) is 0 Å². The van der Waals surface area contributed by atoms with Gasteiger partial charge in [0.2, 0.25) is 0 Å². The third-order valence-electron chi connectivity index (χ3n) is 3.68. The van der Waals surface area contributed by atoms with Crippen molar-refractivity contribution in [2.24, 2.45) is 11.7 Å². The number of hydrogen-bond donors (Lipinski definition) is 1. The summed E-state index contributed by atoms with van der Waals surface area (Å²) in [6.07, 6.45) is 11.4. The van der Waals surface area contributed by atoms with E-state index in [0.29, 0.717) is 0 Å². The molecule has 1 saturated heterocycles. The van der Waals surface area contributed by atoms with Crippen LogP contribution < -0.4 is 5.73 Å². The molecule has 2 heteroatoms. The topological polar surface area (TPSA) is 29.3 Å². The van der Waals surface area contributed by atoms with Crippen LogP contribution in [0.4, 0.5) is 0 Å². The van der Waals surface area contributed by atoms with Crippen LogP contribution >= 0.6 is 0 Å². The van der Waals surface area contributed by atoms with Crippen LogP contribution in [0.15, 0.2) is 12.2 Å². The predicted octanol–water partition coefficient (Wildman–Crippen LogP) is 1.77. The van der Waals surface area contributed by atoms with Gasteiger partial charge in [0.25, 0.3) is 0 Å². The summed E-state index contributed by atoms with van der Waals surface area (Å²) in [6, 6.07) is 0.738. The quantitative estimate of drug-likeness (QED) is 0.679. The minimum absolute atomic E-state index is 0.738. The molecule has 0 aromatic rings. The van der Waals surface area contributed by atoms with Crippen LogP contribution in [0.5, 0.6) is 0 Å². The van der Waals surface area contributed by atoms with Crippen molar-refractivity contribution in [1.29, 1.82) is 0 Å². The second-order valence-electron chi connectivity index (χ2n) is 4.64. The van der Waals surface area contributed by atoms with Gasteiger partial charge >= 0.3 is 0 Å². The average Bonchev–Trinajstić information content (AvgIpc) is 2.30. The Hall–Kier alpha value is -0.340. The number of nitrogens with two attached hydrogens (primary N) is 1. The molecular weight excluding hydrogens is 172 g/mol. The van der Waals surface area contributed by atoms with Crippen molar-refractivity contribution in [3.05, 3.63) is 12.2 Å². The number of rotatable bonds is 2. The predicted molar refractivity (Wildman–Crippen MR) is 60.1 cm³/mol. The molecule has 2 N–H and O–H groups in total. The summed E-state index contributed by atoms with van der Waals surface area (Å²) in [5, 5.41) is 0. The third-order valence-corrected chi connectivity index (χ3v) is 3.68. The molecule has 1 aliphatic heterocycles. The molecule has 0 saturated carbocycles. The van der Waals surface area contributed by atoms with E-state index in [1.54, 1.807) is 0 Å². The minimum Gasteiger partial charge on any atom is -0.330 e. The number of likely N-dealkylation sites (tertiary alicyclic amines) is 1. The molecule has 2 aliphatic rings. The summed E-state index contributed by atoms with van der Waals surface area (Å²) >= 11 is 0. The normalized spacial score (nSPS) is 30.8. The lowest BCUT2D eigenvalue weighted by Crippen LogP contribution is -2.42. The van der Waals surface area contributed by atoms with Gasteiger partial charge in [-0.15, -0.1) is 0 Å². The van der Waals surface area contributed by atoms with Gasteiger partial charge in [-0.25, -0.2) is 0 Å². The molecule has 14 heavy (non-hydrogen) atoms. The van der Waals surface area contributed by atoms with Crippen LogP contribution in [0.3, 0.4) is 0 Å². The van der Waals surface area contributed by atoms with Crippen LogP contribution in [0, 0.1) is 5.92 Å². The van der Waals surface area contributed by atoms with Gasteiger partial charge in [0, 0.05) is 6.04 Å². The molecule has 0 aromatic heterocycles. The van der Waals surface area contributed by atoms with Crippen molar-refractivity contribution < 1.29 is 0 Å². The van der Waals surface area contributed by atoms with E-state index in [-0.39, 0.29) is 0 Å². The molecule has 80 valence electrons. The summed E-state index contributed by atoms with van der Waals surface area (Å²) < 4.78 is 0. The van der Waals surface area contributed by atoms with Gasteiger partial charge in [-0.3, -0.25) is 4.90 Å². The summed E-state index contributed by atoms with van der Waals surface area (Å²) in [6.45, 7) is 3.40. The zero-order valence-corrected chi connectivity index (χ0v) is 8.99. The Labute approximate surface area is 87.2 Å². The lowest BCUT2D eigenvalue weighted by atomic mass is 9.93. The first kappa shape index (κ1) is 10.2. The second kappa shape index (κ2) is 4.94. The molecule has 0 aromatic carbocycles. The largest absolute Gasteiger partial charge is 0.330 e. The van der Waals surface area contributed by atoms with E-state index in [1.807, 2.05) is 0 Å². The molecule has 1 fully saturated rings. The van der Waals surface area contributed by atoms with Crippen LogP contribution in [-0.2, 0) is 0 Å². The number of piperidine rings is 1. The highest BCUT2D eigenvalue weighted by Gasteiger charge is 2.23.